The molecule has 144 valence electrons. The number of carbonyl (C=O) groups is 1. The molecule has 1 aliphatic rings. The SMILES string of the molecule is COC(=O)c1cccc(S(=O)(=O)N(Cc2ccc(C(C)C)cc2)C2CC2)c1. The Kier molecular flexibility index (Phi) is 5.67. The molecule has 3 rings (SSSR count). The molecular formula is C21H25NO4S. The van der Waals surface area contributed by atoms with Gasteiger partial charge in [0.25, 0.3) is 0 Å². The fourth-order valence-electron chi connectivity index (χ4n) is 3.00. The van der Waals surface area contributed by atoms with Gasteiger partial charge in [-0.25, -0.2) is 13.2 Å². The van der Waals surface area contributed by atoms with Gasteiger partial charge in [0.1, 0.15) is 0 Å². The van der Waals surface area contributed by atoms with Crippen LogP contribution in [0.2, 0.25) is 0 Å². The smallest absolute Gasteiger partial charge is 0.337 e. The summed E-state index contributed by atoms with van der Waals surface area (Å²) in [6, 6.07) is 14.1. The Balaban J connectivity index is 1.89. The van der Waals surface area contributed by atoms with E-state index in [-0.39, 0.29) is 16.5 Å². The summed E-state index contributed by atoms with van der Waals surface area (Å²) in [5.74, 6) is -0.113. The van der Waals surface area contributed by atoms with Gasteiger partial charge < -0.3 is 4.74 Å². The van der Waals surface area contributed by atoms with Gasteiger partial charge in [0, 0.05) is 12.6 Å². The highest BCUT2D eigenvalue weighted by atomic mass is 32.2. The number of hydrogen-bond acceptors (Lipinski definition) is 4. The van der Waals surface area contributed by atoms with E-state index < -0.39 is 16.0 Å². The van der Waals surface area contributed by atoms with Crippen molar-refractivity contribution >= 4 is 16.0 Å². The number of sulfonamides is 1. The minimum Gasteiger partial charge on any atom is -0.465 e. The van der Waals surface area contributed by atoms with Crippen LogP contribution >= 0.6 is 0 Å². The Labute approximate surface area is 161 Å². The molecular weight excluding hydrogens is 362 g/mol. The molecule has 5 nitrogen and oxygen atoms in total. The zero-order chi connectivity index (χ0) is 19.6. The lowest BCUT2D eigenvalue weighted by Crippen LogP contribution is -2.32. The molecule has 1 aliphatic carbocycles. The molecule has 27 heavy (non-hydrogen) atoms. The number of nitrogens with zero attached hydrogens (tertiary/aromatic N) is 1. The molecule has 0 atom stereocenters. The average Bonchev–Trinajstić information content (AvgIpc) is 3.50. The van der Waals surface area contributed by atoms with Crippen LogP contribution in [-0.4, -0.2) is 31.8 Å². The van der Waals surface area contributed by atoms with Gasteiger partial charge >= 0.3 is 5.97 Å². The molecule has 0 bridgehead atoms. The third kappa shape index (κ3) is 4.39. The maximum absolute atomic E-state index is 13.2. The minimum atomic E-state index is -3.70. The highest BCUT2D eigenvalue weighted by molar-refractivity contribution is 7.89. The van der Waals surface area contributed by atoms with Crippen molar-refractivity contribution in [2.75, 3.05) is 7.11 Å². The highest BCUT2D eigenvalue weighted by Crippen LogP contribution is 2.34. The van der Waals surface area contributed by atoms with Gasteiger partial charge in [-0.2, -0.15) is 4.31 Å². The van der Waals surface area contributed by atoms with Crippen molar-refractivity contribution in [1.82, 2.24) is 4.31 Å². The summed E-state index contributed by atoms with van der Waals surface area (Å²) in [4.78, 5) is 11.9. The zero-order valence-corrected chi connectivity index (χ0v) is 16.7. The van der Waals surface area contributed by atoms with Gasteiger partial charge in [-0.1, -0.05) is 44.2 Å². The Morgan fingerprint density at radius 2 is 1.81 bits per heavy atom. The second-order valence-corrected chi connectivity index (χ2v) is 9.09. The van der Waals surface area contributed by atoms with Gasteiger partial charge in [-0.3, -0.25) is 0 Å². The minimum absolute atomic E-state index is 0.0153. The summed E-state index contributed by atoms with van der Waals surface area (Å²) in [6.07, 6.45) is 1.72. The third-order valence-corrected chi connectivity index (χ3v) is 6.70. The van der Waals surface area contributed by atoms with E-state index in [0.29, 0.717) is 12.5 Å². The molecule has 1 fully saturated rings. The van der Waals surface area contributed by atoms with Crippen LogP contribution < -0.4 is 0 Å². The van der Waals surface area contributed by atoms with Crippen molar-refractivity contribution in [1.29, 1.82) is 0 Å². The quantitative estimate of drug-likeness (QED) is 0.675. The van der Waals surface area contributed by atoms with Gasteiger partial charge in [-0.15, -0.1) is 0 Å². The number of methoxy groups -OCH3 is 1. The van der Waals surface area contributed by atoms with E-state index in [4.69, 9.17) is 4.74 Å². The standard InChI is InChI=1S/C21H25NO4S/c1-15(2)17-9-7-16(8-10-17)14-22(19-11-12-19)27(24,25)20-6-4-5-18(13-20)21(23)26-3/h4-10,13,15,19H,11-12,14H2,1-3H3. The summed E-state index contributed by atoms with van der Waals surface area (Å²) < 4.78 is 32.7. The van der Waals surface area contributed by atoms with Crippen molar-refractivity contribution in [3.8, 4) is 0 Å². The normalized spacial score (nSPS) is 14.6. The molecule has 0 spiro atoms. The van der Waals surface area contributed by atoms with Crippen molar-refractivity contribution in [3.63, 3.8) is 0 Å². The summed E-state index contributed by atoms with van der Waals surface area (Å²) >= 11 is 0. The van der Waals surface area contributed by atoms with E-state index in [1.54, 1.807) is 16.4 Å². The monoisotopic (exact) mass is 387 g/mol. The van der Waals surface area contributed by atoms with E-state index in [0.717, 1.165) is 18.4 Å². The van der Waals surface area contributed by atoms with Crippen molar-refractivity contribution in [2.45, 2.75) is 50.1 Å². The summed E-state index contributed by atoms with van der Waals surface area (Å²) in [6.45, 7) is 4.59. The van der Waals surface area contributed by atoms with Crippen LogP contribution in [0.4, 0.5) is 0 Å². The van der Waals surface area contributed by atoms with Gasteiger partial charge in [0.15, 0.2) is 0 Å². The molecule has 1 saturated carbocycles. The van der Waals surface area contributed by atoms with Gasteiger partial charge in [0.2, 0.25) is 10.0 Å². The molecule has 6 heteroatoms. The lowest BCUT2D eigenvalue weighted by molar-refractivity contribution is 0.0600. The maximum atomic E-state index is 13.2. The van der Waals surface area contributed by atoms with Crippen LogP contribution in [0, 0.1) is 0 Å². The Hall–Kier alpha value is -2.18. The van der Waals surface area contributed by atoms with Crippen molar-refractivity contribution in [3.05, 3.63) is 65.2 Å². The first-order valence-electron chi connectivity index (χ1n) is 9.12. The van der Waals surface area contributed by atoms with Crippen LogP contribution in [0.5, 0.6) is 0 Å². The number of benzene rings is 2. The number of carbonyl (C=O) groups excluding carboxylic acids is 1. The maximum Gasteiger partial charge on any atom is 0.337 e. The van der Waals surface area contributed by atoms with E-state index in [2.05, 4.69) is 26.0 Å². The molecule has 0 unspecified atom stereocenters. The molecule has 0 amide bonds. The topological polar surface area (TPSA) is 63.7 Å². The molecule has 0 radical (unpaired) electrons. The van der Waals surface area contributed by atoms with Gasteiger partial charge in [0.05, 0.1) is 17.6 Å². The lowest BCUT2D eigenvalue weighted by atomic mass is 10.0. The van der Waals surface area contributed by atoms with Crippen LogP contribution in [-0.2, 0) is 21.3 Å². The van der Waals surface area contributed by atoms with Crippen LogP contribution in [0.25, 0.3) is 0 Å². The van der Waals surface area contributed by atoms with Gasteiger partial charge in [-0.05, 0) is 48.1 Å². The molecule has 0 N–H and O–H groups in total. The Morgan fingerprint density at radius 3 is 2.37 bits per heavy atom. The molecule has 0 heterocycles. The third-order valence-electron chi connectivity index (χ3n) is 4.80. The van der Waals surface area contributed by atoms with Crippen LogP contribution in [0.1, 0.15) is 54.1 Å². The van der Waals surface area contributed by atoms with Crippen molar-refractivity contribution < 1.29 is 17.9 Å². The number of ether oxygens (including phenoxy) is 1. The Bertz CT molecular complexity index is 915. The molecule has 0 aliphatic heterocycles. The predicted molar refractivity (Wildman–Crippen MR) is 104 cm³/mol. The lowest BCUT2D eigenvalue weighted by Gasteiger charge is -2.22. The van der Waals surface area contributed by atoms with Crippen LogP contribution in [0.3, 0.4) is 0 Å². The predicted octanol–water partition coefficient (Wildman–Crippen LogP) is 3.95. The number of hydrogen-bond donors (Lipinski definition) is 0. The molecule has 0 aromatic heterocycles. The molecule has 2 aromatic rings. The van der Waals surface area contributed by atoms with Crippen LogP contribution in [0.15, 0.2) is 53.4 Å². The first kappa shape index (κ1) is 19.6. The molecule has 2 aromatic carbocycles. The molecule has 0 saturated heterocycles. The first-order chi connectivity index (χ1) is 12.8. The summed E-state index contributed by atoms with van der Waals surface area (Å²) in [7, 11) is -2.42. The zero-order valence-electron chi connectivity index (χ0n) is 15.9. The second kappa shape index (κ2) is 7.82. The van der Waals surface area contributed by atoms with E-state index in [1.165, 1.54) is 24.8 Å². The largest absolute Gasteiger partial charge is 0.465 e. The summed E-state index contributed by atoms with van der Waals surface area (Å²) in [5.41, 5.74) is 2.42. The number of esters is 1. The van der Waals surface area contributed by atoms with Crippen molar-refractivity contribution in [2.24, 2.45) is 0 Å². The fraction of sp³-hybridized carbons (Fsp3) is 0.381. The fourth-order valence-corrected chi connectivity index (χ4v) is 4.72. The first-order valence-corrected chi connectivity index (χ1v) is 10.6. The second-order valence-electron chi connectivity index (χ2n) is 7.20. The summed E-state index contributed by atoms with van der Waals surface area (Å²) in [5, 5.41) is 0. The van der Waals surface area contributed by atoms with E-state index in [9.17, 15) is 13.2 Å². The van der Waals surface area contributed by atoms with E-state index in [1.807, 2.05) is 12.1 Å². The Morgan fingerprint density at radius 1 is 1.15 bits per heavy atom. The average molecular weight is 388 g/mol. The highest BCUT2D eigenvalue weighted by Gasteiger charge is 2.38. The number of rotatable bonds is 7. The van der Waals surface area contributed by atoms with E-state index >= 15 is 0 Å².